The van der Waals surface area contributed by atoms with Crippen molar-refractivity contribution in [2.24, 2.45) is 5.10 Å². The van der Waals surface area contributed by atoms with E-state index in [9.17, 15) is 4.79 Å². The highest BCUT2D eigenvalue weighted by Gasteiger charge is 2.35. The molecule has 0 saturated heterocycles. The zero-order valence-electron chi connectivity index (χ0n) is 15.5. The van der Waals surface area contributed by atoms with Gasteiger partial charge in [-0.3, -0.25) is 9.69 Å². The minimum absolute atomic E-state index is 0.0411. The van der Waals surface area contributed by atoms with Crippen molar-refractivity contribution in [3.8, 4) is 0 Å². The van der Waals surface area contributed by atoms with Crippen molar-refractivity contribution in [1.29, 1.82) is 0 Å². The third-order valence-corrected chi connectivity index (χ3v) is 6.39. The fourth-order valence-electron chi connectivity index (χ4n) is 3.99. The van der Waals surface area contributed by atoms with Crippen molar-refractivity contribution >= 4 is 23.0 Å². The van der Waals surface area contributed by atoms with Crippen LogP contribution >= 0.6 is 11.3 Å². The summed E-state index contributed by atoms with van der Waals surface area (Å²) in [6.45, 7) is 2.09. The predicted octanol–water partition coefficient (Wildman–Crippen LogP) is 4.08. The van der Waals surface area contributed by atoms with E-state index in [4.69, 9.17) is 4.42 Å². The van der Waals surface area contributed by atoms with Crippen molar-refractivity contribution in [2.75, 3.05) is 13.1 Å². The lowest BCUT2D eigenvalue weighted by Crippen LogP contribution is -2.40. The number of furan rings is 1. The smallest absolute Gasteiger partial charge is 0.257 e. The Bertz CT molecular complexity index is 995. The second kappa shape index (κ2) is 7.37. The molecule has 0 saturated carbocycles. The Hall–Kier alpha value is -2.70. The normalized spacial score (nSPS) is 19.5. The summed E-state index contributed by atoms with van der Waals surface area (Å²) in [6.07, 6.45) is 3.31. The molecule has 2 aliphatic heterocycles. The SMILES string of the molecule is O=C(CN1CCc2ccccc2C1)N1N=C(c2ccco2)C[C@H]1c1cccs1. The van der Waals surface area contributed by atoms with Gasteiger partial charge in [0.1, 0.15) is 11.5 Å². The predicted molar refractivity (Wildman–Crippen MR) is 109 cm³/mol. The quantitative estimate of drug-likeness (QED) is 0.673. The van der Waals surface area contributed by atoms with Gasteiger partial charge < -0.3 is 4.42 Å². The Labute approximate surface area is 167 Å². The van der Waals surface area contributed by atoms with Gasteiger partial charge in [-0.25, -0.2) is 5.01 Å². The number of benzene rings is 1. The second-order valence-electron chi connectivity index (χ2n) is 7.23. The molecule has 0 aliphatic carbocycles. The van der Waals surface area contributed by atoms with E-state index in [-0.39, 0.29) is 11.9 Å². The van der Waals surface area contributed by atoms with Gasteiger partial charge in [-0.05, 0) is 41.1 Å². The summed E-state index contributed by atoms with van der Waals surface area (Å²) in [6, 6.07) is 16.3. The van der Waals surface area contributed by atoms with Crippen LogP contribution in [0, 0.1) is 0 Å². The molecular formula is C22H21N3O2S. The molecule has 1 amide bonds. The average molecular weight is 391 g/mol. The molecule has 5 rings (SSSR count). The Morgan fingerprint density at radius 3 is 2.82 bits per heavy atom. The fraction of sp³-hybridized carbons (Fsp3) is 0.273. The van der Waals surface area contributed by atoms with Crippen LogP contribution in [0.25, 0.3) is 0 Å². The van der Waals surface area contributed by atoms with E-state index in [2.05, 4.69) is 40.3 Å². The molecule has 2 aromatic heterocycles. The summed E-state index contributed by atoms with van der Waals surface area (Å²) < 4.78 is 5.52. The molecule has 28 heavy (non-hydrogen) atoms. The highest BCUT2D eigenvalue weighted by molar-refractivity contribution is 7.10. The number of carbonyl (C=O) groups excluding carboxylic acids is 1. The van der Waals surface area contributed by atoms with Crippen LogP contribution in [0.15, 0.2) is 69.7 Å². The number of carbonyl (C=O) groups is 1. The molecule has 0 bridgehead atoms. The molecule has 142 valence electrons. The van der Waals surface area contributed by atoms with Gasteiger partial charge in [0.15, 0.2) is 0 Å². The number of fused-ring (bicyclic) bond motifs is 1. The van der Waals surface area contributed by atoms with Crippen molar-refractivity contribution in [1.82, 2.24) is 9.91 Å². The Balaban J connectivity index is 1.36. The van der Waals surface area contributed by atoms with E-state index >= 15 is 0 Å². The maximum atomic E-state index is 13.2. The highest BCUT2D eigenvalue weighted by atomic mass is 32.1. The van der Waals surface area contributed by atoms with Gasteiger partial charge in [0, 0.05) is 24.4 Å². The average Bonchev–Trinajstić information content (AvgIpc) is 3.48. The van der Waals surface area contributed by atoms with Crippen LogP contribution in [-0.4, -0.2) is 34.6 Å². The molecular weight excluding hydrogens is 370 g/mol. The maximum Gasteiger partial charge on any atom is 0.257 e. The monoisotopic (exact) mass is 391 g/mol. The van der Waals surface area contributed by atoms with Crippen molar-refractivity contribution in [2.45, 2.75) is 25.4 Å². The van der Waals surface area contributed by atoms with E-state index < -0.39 is 0 Å². The largest absolute Gasteiger partial charge is 0.463 e. The molecule has 4 heterocycles. The van der Waals surface area contributed by atoms with Crippen molar-refractivity contribution in [3.05, 3.63) is 81.9 Å². The Kier molecular flexibility index (Phi) is 4.58. The maximum absolute atomic E-state index is 13.2. The first kappa shape index (κ1) is 17.4. The van der Waals surface area contributed by atoms with Gasteiger partial charge in [0.2, 0.25) is 0 Å². The lowest BCUT2D eigenvalue weighted by atomic mass is 10.00. The fourth-order valence-corrected chi connectivity index (χ4v) is 4.80. The standard InChI is InChI=1S/C22H21N3O2S/c26-22(15-24-10-9-16-5-1-2-6-17(16)14-24)25-19(21-8-4-12-28-21)13-18(23-25)20-7-3-11-27-20/h1-8,11-12,19H,9-10,13-15H2/t19-/m0/s1. The molecule has 0 fully saturated rings. The van der Waals surface area contributed by atoms with Gasteiger partial charge in [0.05, 0.1) is 18.8 Å². The topological polar surface area (TPSA) is 49.1 Å². The summed E-state index contributed by atoms with van der Waals surface area (Å²) in [5.41, 5.74) is 3.54. The first-order valence-corrected chi connectivity index (χ1v) is 10.4. The van der Waals surface area contributed by atoms with Crippen LogP contribution < -0.4 is 0 Å². The number of hydrogen-bond donors (Lipinski definition) is 0. The first-order valence-electron chi connectivity index (χ1n) is 9.54. The van der Waals surface area contributed by atoms with Gasteiger partial charge >= 0.3 is 0 Å². The van der Waals surface area contributed by atoms with Crippen LogP contribution in [-0.2, 0) is 17.8 Å². The van der Waals surface area contributed by atoms with E-state index in [1.807, 2.05) is 23.6 Å². The molecule has 1 atom stereocenters. The second-order valence-corrected chi connectivity index (χ2v) is 8.21. The summed E-state index contributed by atoms with van der Waals surface area (Å²) >= 11 is 1.67. The minimum atomic E-state index is -0.0512. The molecule has 0 N–H and O–H groups in total. The highest BCUT2D eigenvalue weighted by Crippen LogP contribution is 2.35. The van der Waals surface area contributed by atoms with Gasteiger partial charge in [-0.2, -0.15) is 5.10 Å². The van der Waals surface area contributed by atoms with Crippen LogP contribution in [0.5, 0.6) is 0 Å². The number of thiophene rings is 1. The number of nitrogens with zero attached hydrogens (tertiary/aromatic N) is 3. The molecule has 6 heteroatoms. The molecule has 0 unspecified atom stereocenters. The van der Waals surface area contributed by atoms with E-state index in [1.54, 1.807) is 22.6 Å². The van der Waals surface area contributed by atoms with Gasteiger partial charge in [0.25, 0.3) is 5.91 Å². The molecule has 5 nitrogen and oxygen atoms in total. The molecule has 3 aromatic rings. The summed E-state index contributed by atoms with van der Waals surface area (Å²) in [4.78, 5) is 16.6. The Morgan fingerprint density at radius 1 is 1.14 bits per heavy atom. The number of rotatable bonds is 4. The summed E-state index contributed by atoms with van der Waals surface area (Å²) in [7, 11) is 0. The van der Waals surface area contributed by atoms with Crippen molar-refractivity contribution < 1.29 is 9.21 Å². The van der Waals surface area contributed by atoms with Crippen LogP contribution in [0.4, 0.5) is 0 Å². The molecule has 0 spiro atoms. The minimum Gasteiger partial charge on any atom is -0.463 e. The lowest BCUT2D eigenvalue weighted by molar-refractivity contribution is -0.134. The van der Waals surface area contributed by atoms with E-state index in [0.717, 1.165) is 35.9 Å². The zero-order valence-corrected chi connectivity index (χ0v) is 16.3. The van der Waals surface area contributed by atoms with E-state index in [1.165, 1.54) is 11.1 Å². The molecule has 1 aromatic carbocycles. The molecule has 0 radical (unpaired) electrons. The van der Waals surface area contributed by atoms with E-state index in [0.29, 0.717) is 13.0 Å². The van der Waals surface area contributed by atoms with Gasteiger partial charge in [-0.15, -0.1) is 11.3 Å². The Morgan fingerprint density at radius 2 is 2.04 bits per heavy atom. The zero-order chi connectivity index (χ0) is 18.9. The van der Waals surface area contributed by atoms with Crippen molar-refractivity contribution in [3.63, 3.8) is 0 Å². The van der Waals surface area contributed by atoms with Crippen LogP contribution in [0.2, 0.25) is 0 Å². The molecule has 2 aliphatic rings. The third kappa shape index (κ3) is 3.30. The summed E-state index contributed by atoms with van der Waals surface area (Å²) in [5, 5.41) is 8.38. The van der Waals surface area contributed by atoms with Crippen LogP contribution in [0.3, 0.4) is 0 Å². The first-order chi connectivity index (χ1) is 13.8. The van der Waals surface area contributed by atoms with Gasteiger partial charge in [-0.1, -0.05) is 30.3 Å². The number of amides is 1. The number of hydrazone groups is 1. The third-order valence-electron chi connectivity index (χ3n) is 5.41. The lowest BCUT2D eigenvalue weighted by Gasteiger charge is -2.30. The number of hydrogen-bond acceptors (Lipinski definition) is 5. The van der Waals surface area contributed by atoms with Crippen LogP contribution in [0.1, 0.15) is 34.2 Å². The summed E-state index contributed by atoms with van der Waals surface area (Å²) in [5.74, 6) is 0.781.